The molecule has 0 radical (unpaired) electrons. The molecule has 0 aromatic heterocycles. The number of hydrogen-bond donors (Lipinski definition) is 3. The van der Waals surface area contributed by atoms with Crippen LogP contribution in [0.15, 0.2) is 36.5 Å². The first kappa shape index (κ1) is 59.7. The number of ether oxygens (including phenoxy) is 2. The Morgan fingerprint density at radius 2 is 0.855 bits per heavy atom. The summed E-state index contributed by atoms with van der Waals surface area (Å²) in [6.07, 6.45) is 51.0. The number of carbonyl (C=O) groups excluding carboxylic acids is 2. The molecule has 0 aromatic rings. The zero-order chi connectivity index (χ0) is 45.6. The molecule has 0 aliphatic heterocycles. The van der Waals surface area contributed by atoms with Crippen molar-refractivity contribution in [3.63, 3.8) is 0 Å². The van der Waals surface area contributed by atoms with Gasteiger partial charge in [-0.3, -0.25) is 23.4 Å². The van der Waals surface area contributed by atoms with Crippen molar-refractivity contribution < 1.29 is 47.5 Å². The molecule has 0 heterocycles. The molecule has 362 valence electrons. The lowest BCUT2D eigenvalue weighted by molar-refractivity contribution is -0.161. The van der Waals surface area contributed by atoms with E-state index in [1.807, 2.05) is 12.2 Å². The fourth-order valence-electron chi connectivity index (χ4n) is 6.93. The highest BCUT2D eigenvalue weighted by Crippen LogP contribution is 2.43. The van der Waals surface area contributed by atoms with E-state index in [1.165, 1.54) is 154 Å². The zero-order valence-electron chi connectivity index (χ0n) is 39.5. The Hall–Kier alpha value is -2.30. The topological polar surface area (TPSA) is 172 Å². The Bertz CT molecular complexity index is 1190. The molecule has 0 aliphatic carbocycles. The summed E-state index contributed by atoms with van der Waals surface area (Å²) in [5, 5.41) is 8.91. The van der Waals surface area contributed by atoms with Gasteiger partial charge in [0.2, 0.25) is 0 Å². The van der Waals surface area contributed by atoms with Crippen molar-refractivity contribution in [2.24, 2.45) is 5.73 Å². The third-order valence-electron chi connectivity index (χ3n) is 10.9. The molecule has 0 rings (SSSR count). The molecule has 12 heteroatoms. The third-order valence-corrected chi connectivity index (χ3v) is 11.8. The normalized spacial score (nSPS) is 13.9. The monoisotopic (exact) mass is 898 g/mol. The average Bonchev–Trinajstić information content (AvgIpc) is 3.25. The van der Waals surface area contributed by atoms with E-state index in [4.69, 9.17) is 24.8 Å². The SMILES string of the molecule is CCCCCCCCCCCCC/C=C/CCC(=O)OC[C@@H](COP(=O)(O)OC[C@H](N)C(=O)O)OC(=O)CCC/C=C/CC/C=C/CCCCCCCCCCCCCCCC. The van der Waals surface area contributed by atoms with Gasteiger partial charge in [0.25, 0.3) is 0 Å². The van der Waals surface area contributed by atoms with Crippen LogP contribution in [0.5, 0.6) is 0 Å². The number of rotatable bonds is 47. The van der Waals surface area contributed by atoms with Crippen LogP contribution >= 0.6 is 7.82 Å². The fourth-order valence-corrected chi connectivity index (χ4v) is 7.71. The zero-order valence-corrected chi connectivity index (χ0v) is 40.4. The minimum Gasteiger partial charge on any atom is -0.480 e. The average molecular weight is 898 g/mol. The fraction of sp³-hybridized carbons (Fsp3) is 0.820. The van der Waals surface area contributed by atoms with E-state index >= 15 is 0 Å². The molecule has 0 bridgehead atoms. The molecule has 0 fully saturated rings. The van der Waals surface area contributed by atoms with Gasteiger partial charge in [-0.1, -0.05) is 198 Å². The van der Waals surface area contributed by atoms with Gasteiger partial charge in [-0.2, -0.15) is 0 Å². The number of unbranched alkanes of at least 4 members (excludes halogenated alkanes) is 27. The predicted molar refractivity (Wildman–Crippen MR) is 254 cm³/mol. The number of carbonyl (C=O) groups is 3. The lowest BCUT2D eigenvalue weighted by atomic mass is 10.0. The summed E-state index contributed by atoms with van der Waals surface area (Å²) >= 11 is 0. The van der Waals surface area contributed by atoms with Gasteiger partial charge in [0.05, 0.1) is 13.2 Å². The van der Waals surface area contributed by atoms with E-state index < -0.39 is 51.1 Å². The molecule has 4 N–H and O–H groups in total. The Labute approximate surface area is 378 Å². The molecule has 1 unspecified atom stereocenters. The highest BCUT2D eigenvalue weighted by Gasteiger charge is 2.28. The second-order valence-electron chi connectivity index (χ2n) is 16.9. The first-order valence-electron chi connectivity index (χ1n) is 25.0. The number of esters is 2. The first-order chi connectivity index (χ1) is 30.1. The summed E-state index contributed by atoms with van der Waals surface area (Å²) in [5.74, 6) is -2.48. The molecular weight excluding hydrogens is 806 g/mol. The summed E-state index contributed by atoms with van der Waals surface area (Å²) in [6, 6.07) is -1.53. The summed E-state index contributed by atoms with van der Waals surface area (Å²) in [4.78, 5) is 46.0. The smallest absolute Gasteiger partial charge is 0.472 e. The van der Waals surface area contributed by atoms with E-state index in [0.29, 0.717) is 19.3 Å². The first-order valence-corrected chi connectivity index (χ1v) is 26.5. The molecule has 0 saturated carbocycles. The number of nitrogens with two attached hydrogens (primary N) is 1. The van der Waals surface area contributed by atoms with Crippen LogP contribution in [-0.4, -0.2) is 59.9 Å². The van der Waals surface area contributed by atoms with Crippen LogP contribution in [0, 0.1) is 0 Å². The van der Waals surface area contributed by atoms with Crippen LogP contribution in [0.2, 0.25) is 0 Å². The van der Waals surface area contributed by atoms with Gasteiger partial charge >= 0.3 is 25.7 Å². The van der Waals surface area contributed by atoms with Crippen LogP contribution in [0.1, 0.15) is 232 Å². The molecule has 3 atom stereocenters. The maximum absolute atomic E-state index is 12.7. The van der Waals surface area contributed by atoms with Crippen molar-refractivity contribution in [1.82, 2.24) is 0 Å². The second-order valence-corrected chi connectivity index (χ2v) is 18.4. The Morgan fingerprint density at radius 1 is 0.484 bits per heavy atom. The lowest BCUT2D eigenvalue weighted by Crippen LogP contribution is -2.34. The van der Waals surface area contributed by atoms with E-state index in [9.17, 15) is 23.8 Å². The second kappa shape index (κ2) is 45.3. The number of hydrogen-bond acceptors (Lipinski definition) is 9. The number of carboxylic acid groups (broad SMARTS) is 1. The van der Waals surface area contributed by atoms with Gasteiger partial charge in [0, 0.05) is 12.8 Å². The number of allylic oxidation sites excluding steroid dienone is 6. The highest BCUT2D eigenvalue weighted by atomic mass is 31.2. The Kier molecular flexibility index (Phi) is 43.6. The van der Waals surface area contributed by atoms with Crippen molar-refractivity contribution in [3.05, 3.63) is 36.5 Å². The summed E-state index contributed by atoms with van der Waals surface area (Å²) in [6.45, 7) is 2.76. The summed E-state index contributed by atoms with van der Waals surface area (Å²) in [5.41, 5.74) is 5.34. The van der Waals surface area contributed by atoms with Crippen molar-refractivity contribution in [2.45, 2.75) is 244 Å². The van der Waals surface area contributed by atoms with Crippen molar-refractivity contribution in [3.8, 4) is 0 Å². The number of phosphoric ester groups is 1. The third kappa shape index (κ3) is 44.3. The molecule has 0 amide bonds. The Balaban J connectivity index is 4.32. The number of phosphoric acid groups is 1. The van der Waals surface area contributed by atoms with Crippen LogP contribution in [0.3, 0.4) is 0 Å². The molecule has 0 spiro atoms. The molecule has 0 aliphatic rings. The maximum Gasteiger partial charge on any atom is 0.472 e. The molecule has 11 nitrogen and oxygen atoms in total. The predicted octanol–water partition coefficient (Wildman–Crippen LogP) is 14.0. The molecular formula is C50H92NO10P. The molecule has 0 aromatic carbocycles. The van der Waals surface area contributed by atoms with Crippen LogP contribution in [0.4, 0.5) is 0 Å². The lowest BCUT2D eigenvalue weighted by Gasteiger charge is -2.20. The van der Waals surface area contributed by atoms with Crippen molar-refractivity contribution in [1.29, 1.82) is 0 Å². The Morgan fingerprint density at radius 3 is 1.29 bits per heavy atom. The quantitative estimate of drug-likeness (QED) is 0.0230. The van der Waals surface area contributed by atoms with E-state index in [2.05, 4.69) is 42.7 Å². The van der Waals surface area contributed by atoms with Gasteiger partial charge in [-0.15, -0.1) is 0 Å². The van der Waals surface area contributed by atoms with Gasteiger partial charge in [-0.05, 0) is 57.8 Å². The summed E-state index contributed by atoms with van der Waals surface area (Å²) < 4.78 is 32.7. The van der Waals surface area contributed by atoms with Gasteiger partial charge in [-0.25, -0.2) is 4.57 Å². The van der Waals surface area contributed by atoms with Crippen LogP contribution in [-0.2, 0) is 37.5 Å². The van der Waals surface area contributed by atoms with Crippen molar-refractivity contribution in [2.75, 3.05) is 19.8 Å². The summed E-state index contributed by atoms with van der Waals surface area (Å²) in [7, 11) is -4.74. The maximum atomic E-state index is 12.7. The number of aliphatic carboxylic acids is 1. The number of carboxylic acids is 1. The van der Waals surface area contributed by atoms with Gasteiger partial charge in [0.1, 0.15) is 12.6 Å². The van der Waals surface area contributed by atoms with Gasteiger partial charge < -0.3 is 25.2 Å². The van der Waals surface area contributed by atoms with Crippen molar-refractivity contribution >= 4 is 25.7 Å². The minimum atomic E-state index is -4.74. The van der Waals surface area contributed by atoms with Gasteiger partial charge in [0.15, 0.2) is 6.10 Å². The van der Waals surface area contributed by atoms with E-state index in [1.54, 1.807) is 0 Å². The van der Waals surface area contributed by atoms with E-state index in [0.717, 1.165) is 32.1 Å². The molecule has 0 saturated heterocycles. The van der Waals surface area contributed by atoms with E-state index in [-0.39, 0.29) is 19.4 Å². The highest BCUT2D eigenvalue weighted by molar-refractivity contribution is 7.47. The minimum absolute atomic E-state index is 0.0958. The molecule has 62 heavy (non-hydrogen) atoms. The standard InChI is InChI=1S/C50H92NO10P/c1-3-5-7-9-11-13-15-17-19-20-21-22-23-24-25-26-28-30-32-34-36-38-40-42-49(53)61-46(44-59-62(56,57)60-45-47(51)50(54)55)43-58-48(52)41-39-37-35-33-31-29-27-18-16-14-12-10-8-6-4-2/h26,28,34-37,46-47H,3-25,27,29-33,38-45,51H2,1-2H3,(H,54,55)(H,56,57)/b28-26+,36-34+,37-35+/t46-,47-/m0/s1. The van der Waals surface area contributed by atoms with Crippen LogP contribution in [0.25, 0.3) is 0 Å². The van der Waals surface area contributed by atoms with Crippen LogP contribution < -0.4 is 5.73 Å². The largest absolute Gasteiger partial charge is 0.480 e.